The molecule has 2 heterocycles. The summed E-state index contributed by atoms with van der Waals surface area (Å²) in [7, 11) is 0. The average molecular weight is 527 g/mol. The highest BCUT2D eigenvalue weighted by Crippen LogP contribution is 2.26. The molecule has 0 bridgehead atoms. The first-order valence-corrected chi connectivity index (χ1v) is 10.1. The Morgan fingerprint density at radius 3 is 2.97 bits per heavy atom. The summed E-state index contributed by atoms with van der Waals surface area (Å²) in [6.45, 7) is 7.42. The van der Waals surface area contributed by atoms with Gasteiger partial charge in [0.2, 0.25) is 5.91 Å². The Kier molecular flexibility index (Phi) is 9.84. The van der Waals surface area contributed by atoms with E-state index < -0.39 is 0 Å². The minimum atomic E-state index is 0. The molecule has 30 heavy (non-hydrogen) atoms. The van der Waals surface area contributed by atoms with Gasteiger partial charge in [0.1, 0.15) is 24.5 Å². The number of carbonyl (C=O) groups excluding carboxylic acids is 1. The zero-order valence-corrected chi connectivity index (χ0v) is 19.8. The first-order chi connectivity index (χ1) is 14.2. The SMILES string of the molecule is CCNC(=NCCn1cnnc1CC)NCCOc1ccc2c(c1)CCC(=O)N2.I. The molecule has 3 rings (SSSR count). The summed E-state index contributed by atoms with van der Waals surface area (Å²) in [6, 6.07) is 5.78. The predicted molar refractivity (Wildman–Crippen MR) is 128 cm³/mol. The lowest BCUT2D eigenvalue weighted by Crippen LogP contribution is -2.39. The van der Waals surface area contributed by atoms with Crippen molar-refractivity contribution in [2.45, 2.75) is 39.7 Å². The van der Waals surface area contributed by atoms with Gasteiger partial charge in [-0.05, 0) is 37.1 Å². The third-order valence-electron chi connectivity index (χ3n) is 4.60. The zero-order valence-electron chi connectivity index (χ0n) is 17.5. The van der Waals surface area contributed by atoms with E-state index in [9.17, 15) is 4.79 Å². The minimum absolute atomic E-state index is 0. The number of halogens is 1. The van der Waals surface area contributed by atoms with Gasteiger partial charge in [0, 0.05) is 31.6 Å². The van der Waals surface area contributed by atoms with Crippen LogP contribution in [-0.4, -0.2) is 52.9 Å². The Morgan fingerprint density at radius 1 is 1.30 bits per heavy atom. The van der Waals surface area contributed by atoms with E-state index in [0.717, 1.165) is 54.7 Å². The first kappa shape index (κ1) is 23.9. The van der Waals surface area contributed by atoms with Crippen LogP contribution in [0.2, 0.25) is 0 Å². The maximum atomic E-state index is 11.4. The normalized spacial score (nSPS) is 13.1. The van der Waals surface area contributed by atoms with E-state index in [2.05, 4.69) is 38.1 Å². The second-order valence-electron chi connectivity index (χ2n) is 6.70. The summed E-state index contributed by atoms with van der Waals surface area (Å²) in [5.41, 5.74) is 2.00. The fraction of sp³-hybridized carbons (Fsp3) is 0.500. The van der Waals surface area contributed by atoms with Gasteiger partial charge in [-0.15, -0.1) is 34.2 Å². The number of benzene rings is 1. The summed E-state index contributed by atoms with van der Waals surface area (Å²) in [4.78, 5) is 16.0. The zero-order chi connectivity index (χ0) is 20.5. The smallest absolute Gasteiger partial charge is 0.224 e. The van der Waals surface area contributed by atoms with Gasteiger partial charge >= 0.3 is 0 Å². The van der Waals surface area contributed by atoms with Crippen molar-refractivity contribution < 1.29 is 9.53 Å². The number of ether oxygens (including phenoxy) is 1. The van der Waals surface area contributed by atoms with Crippen LogP contribution in [0.3, 0.4) is 0 Å². The van der Waals surface area contributed by atoms with Gasteiger partial charge in [-0.25, -0.2) is 0 Å². The largest absolute Gasteiger partial charge is 0.492 e. The van der Waals surface area contributed by atoms with Gasteiger partial charge in [-0.3, -0.25) is 9.79 Å². The number of aryl methyl sites for hydroxylation is 2. The van der Waals surface area contributed by atoms with Crippen LogP contribution >= 0.6 is 24.0 Å². The van der Waals surface area contributed by atoms with E-state index in [1.165, 1.54) is 0 Å². The molecule has 0 saturated heterocycles. The standard InChI is InChI=1S/C20H29N7O2.HI/c1-3-18-26-24-14-27(18)11-9-22-20(21-4-2)23-10-12-29-16-6-7-17-15(13-16)5-8-19(28)25-17;/h6-7,13-14H,3-5,8-12H2,1-2H3,(H,25,28)(H2,21,22,23);1H. The van der Waals surface area contributed by atoms with Gasteiger partial charge in [0.15, 0.2) is 5.96 Å². The number of amides is 1. The molecular weight excluding hydrogens is 497 g/mol. The van der Waals surface area contributed by atoms with Gasteiger partial charge < -0.3 is 25.3 Å². The van der Waals surface area contributed by atoms with Crippen molar-refractivity contribution in [3.05, 3.63) is 35.9 Å². The minimum Gasteiger partial charge on any atom is -0.492 e. The lowest BCUT2D eigenvalue weighted by Gasteiger charge is -2.18. The summed E-state index contributed by atoms with van der Waals surface area (Å²) < 4.78 is 7.87. The average Bonchev–Trinajstić information content (AvgIpc) is 3.18. The number of anilines is 1. The van der Waals surface area contributed by atoms with E-state index in [1.807, 2.05) is 29.7 Å². The van der Waals surface area contributed by atoms with E-state index in [-0.39, 0.29) is 29.9 Å². The van der Waals surface area contributed by atoms with E-state index in [1.54, 1.807) is 6.33 Å². The molecule has 1 amide bonds. The highest BCUT2D eigenvalue weighted by Gasteiger charge is 2.14. The van der Waals surface area contributed by atoms with E-state index in [4.69, 9.17) is 4.74 Å². The number of nitrogens with one attached hydrogen (secondary N) is 3. The van der Waals surface area contributed by atoms with Crippen molar-refractivity contribution >= 4 is 41.5 Å². The summed E-state index contributed by atoms with van der Waals surface area (Å²) in [6.07, 6.45) is 3.87. The lowest BCUT2D eigenvalue weighted by molar-refractivity contribution is -0.116. The molecule has 1 aliphatic heterocycles. The Balaban J connectivity index is 0.00000320. The lowest BCUT2D eigenvalue weighted by atomic mass is 10.0. The topological polar surface area (TPSA) is 105 Å². The number of hydrogen-bond acceptors (Lipinski definition) is 5. The number of aliphatic imine (C=N–C) groups is 1. The van der Waals surface area contributed by atoms with Crippen LogP contribution in [-0.2, 0) is 24.2 Å². The molecule has 1 aromatic carbocycles. The van der Waals surface area contributed by atoms with Crippen molar-refractivity contribution in [3.63, 3.8) is 0 Å². The number of hydrogen-bond donors (Lipinski definition) is 3. The second kappa shape index (κ2) is 12.4. The summed E-state index contributed by atoms with van der Waals surface area (Å²) in [5.74, 6) is 2.61. The predicted octanol–water partition coefficient (Wildman–Crippen LogP) is 1.98. The van der Waals surface area contributed by atoms with Crippen molar-refractivity contribution in [2.24, 2.45) is 4.99 Å². The van der Waals surface area contributed by atoms with Crippen molar-refractivity contribution in [1.29, 1.82) is 0 Å². The van der Waals surface area contributed by atoms with Crippen LogP contribution in [0.4, 0.5) is 5.69 Å². The second-order valence-corrected chi connectivity index (χ2v) is 6.70. The molecule has 2 aromatic rings. The molecule has 0 fully saturated rings. The molecule has 1 aromatic heterocycles. The molecule has 0 radical (unpaired) electrons. The van der Waals surface area contributed by atoms with Crippen LogP contribution in [0.5, 0.6) is 5.75 Å². The first-order valence-electron chi connectivity index (χ1n) is 10.1. The van der Waals surface area contributed by atoms with Crippen molar-refractivity contribution in [3.8, 4) is 5.75 Å². The Bertz CT molecular complexity index is 853. The number of fused-ring (bicyclic) bond motifs is 1. The third kappa shape index (κ3) is 6.85. The van der Waals surface area contributed by atoms with Crippen LogP contribution in [0.25, 0.3) is 0 Å². The highest BCUT2D eigenvalue weighted by atomic mass is 127. The third-order valence-corrected chi connectivity index (χ3v) is 4.60. The van der Waals surface area contributed by atoms with Crippen LogP contribution in [0.15, 0.2) is 29.5 Å². The summed E-state index contributed by atoms with van der Waals surface area (Å²) >= 11 is 0. The Morgan fingerprint density at radius 2 is 2.17 bits per heavy atom. The molecule has 0 saturated carbocycles. The van der Waals surface area contributed by atoms with Crippen LogP contribution < -0.4 is 20.7 Å². The number of rotatable bonds is 9. The molecule has 0 spiro atoms. The Labute approximate surface area is 194 Å². The number of carbonyl (C=O) groups is 1. The molecule has 0 unspecified atom stereocenters. The van der Waals surface area contributed by atoms with E-state index >= 15 is 0 Å². The molecule has 0 aliphatic carbocycles. The maximum absolute atomic E-state index is 11.4. The molecule has 10 heteroatoms. The highest BCUT2D eigenvalue weighted by molar-refractivity contribution is 14.0. The molecule has 164 valence electrons. The number of nitrogens with zero attached hydrogens (tertiary/aromatic N) is 4. The summed E-state index contributed by atoms with van der Waals surface area (Å²) in [5, 5.41) is 17.4. The van der Waals surface area contributed by atoms with Crippen molar-refractivity contribution in [2.75, 3.05) is 31.6 Å². The van der Waals surface area contributed by atoms with Gasteiger partial charge in [0.25, 0.3) is 0 Å². The fourth-order valence-electron chi connectivity index (χ4n) is 3.14. The van der Waals surface area contributed by atoms with Gasteiger partial charge in [0.05, 0.1) is 13.1 Å². The Hall–Kier alpha value is -2.37. The fourth-order valence-corrected chi connectivity index (χ4v) is 3.14. The van der Waals surface area contributed by atoms with Crippen LogP contribution in [0, 0.1) is 0 Å². The maximum Gasteiger partial charge on any atom is 0.224 e. The molecular formula is C20H30IN7O2. The van der Waals surface area contributed by atoms with Gasteiger partial charge in [-0.2, -0.15) is 0 Å². The number of aromatic nitrogens is 3. The molecule has 3 N–H and O–H groups in total. The molecule has 1 aliphatic rings. The van der Waals surface area contributed by atoms with Crippen LogP contribution in [0.1, 0.15) is 31.7 Å². The monoisotopic (exact) mass is 527 g/mol. The van der Waals surface area contributed by atoms with E-state index in [0.29, 0.717) is 26.1 Å². The molecule has 9 nitrogen and oxygen atoms in total. The van der Waals surface area contributed by atoms with Gasteiger partial charge in [-0.1, -0.05) is 6.92 Å². The van der Waals surface area contributed by atoms with Crippen molar-refractivity contribution in [1.82, 2.24) is 25.4 Å². The quantitative estimate of drug-likeness (QED) is 0.199. The number of guanidine groups is 1. The molecule has 0 atom stereocenters.